The van der Waals surface area contributed by atoms with Crippen LogP contribution in [0.25, 0.3) is 5.69 Å². The fourth-order valence-corrected chi connectivity index (χ4v) is 3.52. The highest BCUT2D eigenvalue weighted by molar-refractivity contribution is 7.14. The van der Waals surface area contributed by atoms with Crippen molar-refractivity contribution in [3.8, 4) is 5.69 Å². The second kappa shape index (κ2) is 8.46. The molecule has 3 aromatic rings. The number of amides is 2. The monoisotopic (exact) mass is 432 g/mol. The maximum atomic E-state index is 12.2. The van der Waals surface area contributed by atoms with Crippen molar-refractivity contribution >= 4 is 45.7 Å². The summed E-state index contributed by atoms with van der Waals surface area (Å²) < 4.78 is 6.70. The molecule has 0 spiro atoms. The number of aryl methyl sites for hydroxylation is 1. The van der Waals surface area contributed by atoms with Gasteiger partial charge in [-0.2, -0.15) is 5.10 Å². The number of thiophene rings is 1. The van der Waals surface area contributed by atoms with Crippen molar-refractivity contribution in [2.45, 2.75) is 13.8 Å². The van der Waals surface area contributed by atoms with Crippen molar-refractivity contribution in [3.63, 3.8) is 0 Å². The SMILES string of the molecule is Cc1nn(-c2ccc(C(=O)OCC(=O)Nc3sccc3C(N)=O)cc2)c(C)c1Cl. The predicted octanol–water partition coefficient (Wildman–Crippen LogP) is 3.10. The van der Waals surface area contributed by atoms with Gasteiger partial charge in [0.05, 0.1) is 33.2 Å². The van der Waals surface area contributed by atoms with Crippen LogP contribution in [-0.2, 0) is 9.53 Å². The molecular formula is C19H17ClN4O4S. The first-order chi connectivity index (χ1) is 13.8. The predicted molar refractivity (Wildman–Crippen MR) is 110 cm³/mol. The van der Waals surface area contributed by atoms with Gasteiger partial charge in [-0.15, -0.1) is 11.3 Å². The lowest BCUT2D eigenvalue weighted by Gasteiger charge is -2.08. The van der Waals surface area contributed by atoms with Gasteiger partial charge in [0, 0.05) is 0 Å². The number of nitrogens with one attached hydrogen (secondary N) is 1. The maximum absolute atomic E-state index is 12.2. The number of hydrogen-bond acceptors (Lipinski definition) is 6. The average molecular weight is 433 g/mol. The van der Waals surface area contributed by atoms with Crippen LogP contribution in [0.15, 0.2) is 35.7 Å². The lowest BCUT2D eigenvalue weighted by atomic mass is 10.2. The van der Waals surface area contributed by atoms with Crippen molar-refractivity contribution in [1.82, 2.24) is 9.78 Å². The summed E-state index contributed by atoms with van der Waals surface area (Å²) in [7, 11) is 0. The van der Waals surface area contributed by atoms with Gasteiger partial charge >= 0.3 is 5.97 Å². The van der Waals surface area contributed by atoms with E-state index >= 15 is 0 Å². The Hall–Kier alpha value is -3.17. The second-order valence-electron chi connectivity index (χ2n) is 6.10. The molecule has 0 aliphatic heterocycles. The molecule has 0 unspecified atom stereocenters. The molecule has 3 rings (SSSR count). The van der Waals surface area contributed by atoms with E-state index in [-0.39, 0.29) is 11.1 Å². The summed E-state index contributed by atoms with van der Waals surface area (Å²) in [4.78, 5) is 35.4. The Balaban J connectivity index is 1.61. The number of carbonyl (C=O) groups excluding carboxylic acids is 3. The first-order valence-electron chi connectivity index (χ1n) is 8.44. The van der Waals surface area contributed by atoms with Crippen molar-refractivity contribution in [2.75, 3.05) is 11.9 Å². The highest BCUT2D eigenvalue weighted by atomic mass is 35.5. The normalized spacial score (nSPS) is 10.6. The molecule has 2 heterocycles. The molecule has 150 valence electrons. The molecular weight excluding hydrogens is 416 g/mol. The molecule has 0 fully saturated rings. The molecule has 1 aromatic carbocycles. The molecule has 29 heavy (non-hydrogen) atoms. The Labute approximate surface area is 175 Å². The van der Waals surface area contributed by atoms with Crippen molar-refractivity contribution in [1.29, 1.82) is 0 Å². The zero-order valence-corrected chi connectivity index (χ0v) is 17.1. The number of esters is 1. The fraction of sp³-hybridized carbons (Fsp3) is 0.158. The molecule has 0 aliphatic carbocycles. The quantitative estimate of drug-likeness (QED) is 0.580. The third-order valence-corrected chi connectivity index (χ3v) is 5.45. The molecule has 0 bridgehead atoms. The number of halogens is 1. The van der Waals surface area contributed by atoms with E-state index in [9.17, 15) is 14.4 Å². The lowest BCUT2D eigenvalue weighted by molar-refractivity contribution is -0.119. The smallest absolute Gasteiger partial charge is 0.338 e. The van der Waals surface area contributed by atoms with Crippen LogP contribution in [0.5, 0.6) is 0 Å². The molecule has 0 radical (unpaired) electrons. The lowest BCUT2D eigenvalue weighted by Crippen LogP contribution is -2.22. The Morgan fingerprint density at radius 2 is 1.90 bits per heavy atom. The van der Waals surface area contributed by atoms with Crippen molar-refractivity contribution < 1.29 is 19.1 Å². The molecule has 0 atom stereocenters. The first-order valence-corrected chi connectivity index (χ1v) is 9.70. The number of primary amides is 1. The van der Waals surface area contributed by atoms with Crippen molar-refractivity contribution in [2.24, 2.45) is 5.73 Å². The summed E-state index contributed by atoms with van der Waals surface area (Å²) in [5, 5.41) is 9.38. The second-order valence-corrected chi connectivity index (χ2v) is 7.39. The van der Waals surface area contributed by atoms with Crippen LogP contribution in [0.1, 0.15) is 32.1 Å². The van der Waals surface area contributed by atoms with Gasteiger partial charge in [0.25, 0.3) is 11.8 Å². The highest BCUT2D eigenvalue weighted by Crippen LogP contribution is 2.23. The van der Waals surface area contributed by atoms with Gasteiger partial charge in [-0.1, -0.05) is 11.6 Å². The number of benzene rings is 1. The fourth-order valence-electron chi connectivity index (χ4n) is 2.59. The van der Waals surface area contributed by atoms with Crippen LogP contribution in [0.4, 0.5) is 5.00 Å². The third kappa shape index (κ3) is 4.47. The molecule has 0 aliphatic rings. The summed E-state index contributed by atoms with van der Waals surface area (Å²) in [6, 6.07) is 8.06. The van der Waals surface area contributed by atoms with Gasteiger partial charge in [0.2, 0.25) is 0 Å². The zero-order chi connectivity index (χ0) is 21.1. The number of aromatic nitrogens is 2. The molecule has 0 saturated carbocycles. The summed E-state index contributed by atoms with van der Waals surface area (Å²) in [5.41, 5.74) is 7.95. The Kier molecular flexibility index (Phi) is 6.00. The number of ether oxygens (including phenoxy) is 1. The van der Waals surface area contributed by atoms with Crippen LogP contribution in [0, 0.1) is 13.8 Å². The average Bonchev–Trinajstić information content (AvgIpc) is 3.26. The minimum atomic E-state index is -0.653. The molecule has 10 heteroatoms. The van der Waals surface area contributed by atoms with Gasteiger partial charge in [-0.25, -0.2) is 9.48 Å². The first kappa shape index (κ1) is 20.6. The van der Waals surface area contributed by atoms with Crippen molar-refractivity contribution in [3.05, 3.63) is 63.2 Å². The summed E-state index contributed by atoms with van der Waals surface area (Å²) in [6.07, 6.45) is 0. The van der Waals surface area contributed by atoms with E-state index in [4.69, 9.17) is 22.1 Å². The van der Waals surface area contributed by atoms with Gasteiger partial charge in [0.1, 0.15) is 5.00 Å². The Morgan fingerprint density at radius 3 is 2.48 bits per heavy atom. The number of nitrogens with two attached hydrogens (primary N) is 1. The minimum Gasteiger partial charge on any atom is -0.452 e. The number of hydrogen-bond donors (Lipinski definition) is 2. The molecule has 2 amide bonds. The van der Waals surface area contributed by atoms with Gasteiger partial charge < -0.3 is 15.8 Å². The summed E-state index contributed by atoms with van der Waals surface area (Å²) >= 11 is 7.31. The number of rotatable bonds is 6. The standard InChI is InChI=1S/C19H17ClN4O4S/c1-10-16(20)11(2)24(23-10)13-5-3-12(4-6-13)19(27)28-9-15(25)22-18-14(17(21)26)7-8-29-18/h3-8H,9H2,1-2H3,(H2,21,26)(H,22,25). The minimum absolute atomic E-state index is 0.203. The van der Waals surface area contributed by atoms with Crippen LogP contribution in [-0.4, -0.2) is 34.2 Å². The van der Waals surface area contributed by atoms with E-state index in [1.165, 1.54) is 6.07 Å². The number of anilines is 1. The Morgan fingerprint density at radius 1 is 1.21 bits per heavy atom. The Bertz CT molecular complexity index is 1090. The summed E-state index contributed by atoms with van der Waals surface area (Å²) in [5.74, 6) is -1.88. The highest BCUT2D eigenvalue weighted by Gasteiger charge is 2.15. The van der Waals surface area contributed by atoms with E-state index in [1.807, 2.05) is 13.8 Å². The van der Waals surface area contributed by atoms with E-state index in [2.05, 4.69) is 10.4 Å². The molecule has 3 N–H and O–H groups in total. The van der Waals surface area contributed by atoms with Crippen LogP contribution >= 0.6 is 22.9 Å². The third-order valence-electron chi connectivity index (χ3n) is 4.07. The maximum Gasteiger partial charge on any atom is 0.338 e. The van der Waals surface area contributed by atoms with E-state index < -0.39 is 24.4 Å². The molecule has 2 aromatic heterocycles. The zero-order valence-electron chi connectivity index (χ0n) is 15.6. The number of carbonyl (C=O) groups is 3. The topological polar surface area (TPSA) is 116 Å². The van der Waals surface area contributed by atoms with Crippen LogP contribution in [0.2, 0.25) is 5.02 Å². The van der Waals surface area contributed by atoms with Crippen LogP contribution < -0.4 is 11.1 Å². The van der Waals surface area contributed by atoms with E-state index in [0.717, 1.165) is 22.7 Å². The molecule has 8 nitrogen and oxygen atoms in total. The van der Waals surface area contributed by atoms with Crippen LogP contribution in [0.3, 0.4) is 0 Å². The number of nitrogens with zero attached hydrogens (tertiary/aromatic N) is 2. The van der Waals surface area contributed by atoms with Gasteiger partial charge in [-0.05, 0) is 49.6 Å². The molecule has 0 saturated heterocycles. The van der Waals surface area contributed by atoms with E-state index in [1.54, 1.807) is 34.3 Å². The largest absolute Gasteiger partial charge is 0.452 e. The summed E-state index contributed by atoms with van der Waals surface area (Å²) in [6.45, 7) is 3.16. The van der Waals surface area contributed by atoms with Gasteiger partial charge in [0.15, 0.2) is 6.61 Å². The van der Waals surface area contributed by atoms with Gasteiger partial charge in [-0.3, -0.25) is 9.59 Å². The van der Waals surface area contributed by atoms with E-state index in [0.29, 0.717) is 15.7 Å².